The van der Waals surface area contributed by atoms with Crippen LogP contribution in [0.15, 0.2) is 35.4 Å². The second kappa shape index (κ2) is 5.79. The van der Waals surface area contributed by atoms with Crippen molar-refractivity contribution in [3.63, 3.8) is 0 Å². The number of nitrogens with zero attached hydrogens (tertiary/aromatic N) is 1. The van der Waals surface area contributed by atoms with Gasteiger partial charge in [-0.3, -0.25) is 4.79 Å². The SMILES string of the molecule is O=c1cc(CN2Cc3cc(Cl)c4c(Cl)c[nH]c4c3NS2)cc[nH]1. The van der Waals surface area contributed by atoms with E-state index in [4.69, 9.17) is 23.2 Å². The highest BCUT2D eigenvalue weighted by atomic mass is 35.5. The van der Waals surface area contributed by atoms with Gasteiger partial charge in [-0.25, -0.2) is 4.31 Å². The maximum atomic E-state index is 11.4. The van der Waals surface area contributed by atoms with E-state index in [2.05, 4.69) is 19.0 Å². The molecule has 8 heteroatoms. The van der Waals surface area contributed by atoms with Crippen molar-refractivity contribution >= 4 is 51.9 Å². The minimum absolute atomic E-state index is 0.0938. The smallest absolute Gasteiger partial charge is 0.248 e. The predicted octanol–water partition coefficient (Wildman–Crippen LogP) is 4.15. The quantitative estimate of drug-likeness (QED) is 0.596. The van der Waals surface area contributed by atoms with Crippen LogP contribution in [-0.2, 0) is 13.1 Å². The summed E-state index contributed by atoms with van der Waals surface area (Å²) in [6.07, 6.45) is 3.41. The molecule has 0 fully saturated rings. The van der Waals surface area contributed by atoms with E-state index >= 15 is 0 Å². The van der Waals surface area contributed by atoms with Gasteiger partial charge in [-0.05, 0) is 23.3 Å². The fraction of sp³-hybridized carbons (Fsp3) is 0.133. The molecule has 1 aliphatic rings. The number of halogens is 2. The van der Waals surface area contributed by atoms with Crippen molar-refractivity contribution in [2.75, 3.05) is 4.72 Å². The molecule has 0 aliphatic carbocycles. The van der Waals surface area contributed by atoms with Crippen molar-refractivity contribution < 1.29 is 0 Å². The molecular weight excluding hydrogens is 355 g/mol. The molecule has 23 heavy (non-hydrogen) atoms. The van der Waals surface area contributed by atoms with Crippen molar-refractivity contribution in [3.8, 4) is 0 Å². The Morgan fingerprint density at radius 1 is 1.22 bits per heavy atom. The van der Waals surface area contributed by atoms with Crippen LogP contribution in [0.5, 0.6) is 0 Å². The molecular formula is C15H12Cl2N4OS. The Morgan fingerprint density at radius 3 is 2.91 bits per heavy atom. The molecule has 0 atom stereocenters. The number of aromatic amines is 2. The molecule has 0 spiro atoms. The predicted molar refractivity (Wildman–Crippen MR) is 95.8 cm³/mol. The highest BCUT2D eigenvalue weighted by Gasteiger charge is 2.22. The van der Waals surface area contributed by atoms with Crippen LogP contribution in [0.4, 0.5) is 5.69 Å². The number of benzene rings is 1. The van der Waals surface area contributed by atoms with Gasteiger partial charge in [-0.1, -0.05) is 23.2 Å². The highest BCUT2D eigenvalue weighted by Crippen LogP contribution is 2.41. The third kappa shape index (κ3) is 2.72. The zero-order valence-corrected chi connectivity index (χ0v) is 14.1. The van der Waals surface area contributed by atoms with E-state index in [1.54, 1.807) is 18.5 Å². The molecule has 0 radical (unpaired) electrons. The molecule has 118 valence electrons. The van der Waals surface area contributed by atoms with Crippen molar-refractivity contribution in [2.45, 2.75) is 13.1 Å². The van der Waals surface area contributed by atoms with Crippen LogP contribution < -0.4 is 10.3 Å². The minimum Gasteiger partial charge on any atom is -0.358 e. The second-order valence-electron chi connectivity index (χ2n) is 5.33. The van der Waals surface area contributed by atoms with Crippen molar-refractivity contribution in [3.05, 3.63) is 62.1 Å². The summed E-state index contributed by atoms with van der Waals surface area (Å²) in [7, 11) is 0. The average Bonchev–Trinajstić information content (AvgIpc) is 2.90. The van der Waals surface area contributed by atoms with E-state index in [0.29, 0.717) is 23.1 Å². The number of rotatable bonds is 2. The van der Waals surface area contributed by atoms with Gasteiger partial charge in [-0.15, -0.1) is 0 Å². The van der Waals surface area contributed by atoms with Gasteiger partial charge < -0.3 is 14.7 Å². The summed E-state index contributed by atoms with van der Waals surface area (Å²) in [6.45, 7) is 1.37. The summed E-state index contributed by atoms with van der Waals surface area (Å²) in [5.41, 5.74) is 3.87. The molecule has 1 aromatic carbocycles. The molecule has 1 aliphatic heterocycles. The first-order chi connectivity index (χ1) is 11.1. The van der Waals surface area contributed by atoms with Gasteiger partial charge in [0.15, 0.2) is 0 Å². The van der Waals surface area contributed by atoms with Gasteiger partial charge in [-0.2, -0.15) is 0 Å². The van der Waals surface area contributed by atoms with Crippen molar-refractivity contribution in [2.24, 2.45) is 0 Å². The standard InChI is InChI=1S/C15H12Cl2N4OS/c16-10-4-9-7-21(6-8-1-2-18-12(22)3-8)23-20-14(9)15-13(10)11(17)5-19-15/h1-5,19-20H,6-7H2,(H,18,22). The molecule has 0 amide bonds. The highest BCUT2D eigenvalue weighted by molar-refractivity contribution is 7.98. The number of hydrogen-bond acceptors (Lipinski definition) is 4. The summed E-state index contributed by atoms with van der Waals surface area (Å²) in [5.74, 6) is 0. The molecule has 2 aromatic heterocycles. The molecule has 3 N–H and O–H groups in total. The van der Waals surface area contributed by atoms with Crippen LogP contribution in [0, 0.1) is 0 Å². The van der Waals surface area contributed by atoms with E-state index in [9.17, 15) is 4.79 Å². The number of fused-ring (bicyclic) bond motifs is 3. The van der Waals surface area contributed by atoms with Gasteiger partial charge in [0.25, 0.3) is 0 Å². The maximum Gasteiger partial charge on any atom is 0.248 e. The maximum absolute atomic E-state index is 11.4. The van der Waals surface area contributed by atoms with Crippen LogP contribution in [0.1, 0.15) is 11.1 Å². The lowest BCUT2D eigenvalue weighted by Crippen LogP contribution is -2.23. The van der Waals surface area contributed by atoms with Crippen molar-refractivity contribution in [1.82, 2.24) is 14.3 Å². The molecule has 0 saturated heterocycles. The number of hydrogen-bond donors (Lipinski definition) is 3. The minimum atomic E-state index is -0.0938. The van der Waals surface area contributed by atoms with Crippen LogP contribution in [0.3, 0.4) is 0 Å². The van der Waals surface area contributed by atoms with Crippen LogP contribution >= 0.6 is 35.3 Å². The fourth-order valence-electron chi connectivity index (χ4n) is 2.74. The van der Waals surface area contributed by atoms with E-state index < -0.39 is 0 Å². The van der Waals surface area contributed by atoms with Crippen LogP contribution in [0.2, 0.25) is 10.0 Å². The molecule has 3 heterocycles. The first-order valence-corrected chi connectivity index (χ1v) is 8.48. The third-order valence-electron chi connectivity index (χ3n) is 3.76. The lowest BCUT2D eigenvalue weighted by Gasteiger charge is -2.28. The lowest BCUT2D eigenvalue weighted by molar-refractivity contribution is 0.460. The number of pyridine rings is 1. The molecule has 3 aromatic rings. The summed E-state index contributed by atoms with van der Waals surface area (Å²) in [6, 6.07) is 5.45. The normalized spacial score (nSPS) is 14.7. The Labute approximate surface area is 146 Å². The van der Waals surface area contributed by atoms with E-state index in [1.165, 1.54) is 12.1 Å². The third-order valence-corrected chi connectivity index (χ3v) is 5.17. The largest absolute Gasteiger partial charge is 0.358 e. The summed E-state index contributed by atoms with van der Waals surface area (Å²) in [5, 5.41) is 2.09. The molecule has 4 rings (SSSR count). The van der Waals surface area contributed by atoms with E-state index in [-0.39, 0.29) is 5.56 Å². The summed E-state index contributed by atoms with van der Waals surface area (Å²) < 4.78 is 5.47. The monoisotopic (exact) mass is 366 g/mol. The first-order valence-electron chi connectivity index (χ1n) is 6.95. The molecule has 0 saturated carbocycles. The average molecular weight is 367 g/mol. The summed E-state index contributed by atoms with van der Waals surface area (Å²) >= 11 is 14.0. The fourth-order valence-corrected chi connectivity index (χ4v) is 4.24. The molecule has 0 unspecified atom stereocenters. The van der Waals surface area contributed by atoms with Gasteiger partial charge in [0.05, 0.1) is 21.2 Å². The topological polar surface area (TPSA) is 63.9 Å². The number of nitrogens with one attached hydrogen (secondary N) is 3. The van der Waals surface area contributed by atoms with Gasteiger partial charge in [0, 0.05) is 49.1 Å². The van der Waals surface area contributed by atoms with Gasteiger partial charge >= 0.3 is 0 Å². The molecule has 0 bridgehead atoms. The molecule has 5 nitrogen and oxygen atoms in total. The zero-order valence-electron chi connectivity index (χ0n) is 11.8. The Hall–Kier alpha value is -1.60. The number of aromatic nitrogens is 2. The van der Waals surface area contributed by atoms with Gasteiger partial charge in [0.1, 0.15) is 0 Å². The number of H-pyrrole nitrogens is 2. The number of anilines is 1. The van der Waals surface area contributed by atoms with Crippen LogP contribution in [-0.4, -0.2) is 14.3 Å². The first kappa shape index (κ1) is 15.0. The van der Waals surface area contributed by atoms with Crippen LogP contribution in [0.25, 0.3) is 10.9 Å². The lowest BCUT2D eigenvalue weighted by atomic mass is 10.1. The Balaban J connectivity index is 1.66. The van der Waals surface area contributed by atoms with Gasteiger partial charge in [0.2, 0.25) is 5.56 Å². The summed E-state index contributed by atoms with van der Waals surface area (Å²) in [4.78, 5) is 17.2. The van der Waals surface area contributed by atoms with E-state index in [0.717, 1.165) is 27.7 Å². The van der Waals surface area contributed by atoms with Crippen molar-refractivity contribution in [1.29, 1.82) is 0 Å². The zero-order chi connectivity index (χ0) is 16.0. The van der Waals surface area contributed by atoms with E-state index in [1.807, 2.05) is 12.1 Å². The Morgan fingerprint density at radius 2 is 2.09 bits per heavy atom. The Bertz CT molecular complexity index is 952. The second-order valence-corrected chi connectivity index (χ2v) is 7.05. The Kier molecular flexibility index (Phi) is 3.77.